The molecular formula is C22H27N7O3S. The van der Waals surface area contributed by atoms with Crippen LogP contribution < -0.4 is 4.74 Å². The van der Waals surface area contributed by atoms with Gasteiger partial charge in [-0.15, -0.1) is 5.10 Å². The van der Waals surface area contributed by atoms with Crippen LogP contribution in [0.2, 0.25) is 0 Å². The number of nitrogens with zero attached hydrogens (tertiary/aromatic N) is 7. The van der Waals surface area contributed by atoms with Crippen LogP contribution in [0, 0.1) is 0 Å². The molecule has 1 fully saturated rings. The van der Waals surface area contributed by atoms with Gasteiger partial charge in [-0.1, -0.05) is 11.3 Å². The molecule has 1 aliphatic rings. The lowest BCUT2D eigenvalue weighted by molar-refractivity contribution is 0.0204. The van der Waals surface area contributed by atoms with Gasteiger partial charge in [0.2, 0.25) is 4.96 Å². The van der Waals surface area contributed by atoms with E-state index in [1.807, 2.05) is 43.6 Å². The molecule has 33 heavy (non-hydrogen) atoms. The standard InChI is InChI=1S/C22H27N7O3S/c1-22(2,3)32-21(30)28-8-6-13(7-9-28)16-12-29-20(23-16)33-19(26-29)14-10-15-18(17(11-14)31-5)25-27(4)24-15/h10-13H,6-9H2,1-5H3. The largest absolute Gasteiger partial charge is 0.494 e. The third kappa shape index (κ3) is 4.24. The van der Waals surface area contributed by atoms with Crippen LogP contribution in [0.25, 0.3) is 26.6 Å². The number of methoxy groups -OCH3 is 1. The highest BCUT2D eigenvalue weighted by Gasteiger charge is 2.29. The van der Waals surface area contributed by atoms with E-state index in [2.05, 4.69) is 10.2 Å². The number of piperidine rings is 1. The average Bonchev–Trinajstić information content (AvgIpc) is 3.43. The maximum Gasteiger partial charge on any atom is 0.410 e. The van der Waals surface area contributed by atoms with Crippen molar-refractivity contribution in [3.05, 3.63) is 24.0 Å². The summed E-state index contributed by atoms with van der Waals surface area (Å²) in [4.78, 5) is 21.3. The van der Waals surface area contributed by atoms with Crippen LogP contribution in [-0.4, -0.2) is 66.4 Å². The zero-order chi connectivity index (χ0) is 23.3. The van der Waals surface area contributed by atoms with Gasteiger partial charge in [-0.25, -0.2) is 14.3 Å². The Morgan fingerprint density at radius 2 is 1.91 bits per heavy atom. The number of hydrogen-bond donors (Lipinski definition) is 0. The molecule has 10 nitrogen and oxygen atoms in total. The van der Waals surface area contributed by atoms with E-state index < -0.39 is 5.60 Å². The van der Waals surface area contributed by atoms with Gasteiger partial charge in [0.15, 0.2) is 5.52 Å². The average molecular weight is 470 g/mol. The van der Waals surface area contributed by atoms with Crippen molar-refractivity contribution in [1.82, 2.24) is 34.5 Å². The normalized spacial score (nSPS) is 15.5. The summed E-state index contributed by atoms with van der Waals surface area (Å²) in [6.45, 7) is 7.00. The van der Waals surface area contributed by atoms with Crippen LogP contribution in [0.15, 0.2) is 18.3 Å². The van der Waals surface area contributed by atoms with E-state index in [4.69, 9.17) is 19.6 Å². The number of aryl methyl sites for hydroxylation is 1. The summed E-state index contributed by atoms with van der Waals surface area (Å²) in [5.41, 5.74) is 2.95. The number of fused-ring (bicyclic) bond motifs is 2. The van der Waals surface area contributed by atoms with Crippen molar-refractivity contribution in [2.75, 3.05) is 20.2 Å². The maximum atomic E-state index is 12.3. The molecule has 174 valence electrons. The van der Waals surface area contributed by atoms with Crippen LogP contribution in [0.3, 0.4) is 0 Å². The zero-order valence-corrected chi connectivity index (χ0v) is 20.2. The van der Waals surface area contributed by atoms with Crippen LogP contribution in [0.1, 0.15) is 45.2 Å². The fraction of sp³-hybridized carbons (Fsp3) is 0.500. The molecule has 4 aromatic rings. The minimum Gasteiger partial charge on any atom is -0.494 e. The van der Waals surface area contributed by atoms with Gasteiger partial charge < -0.3 is 14.4 Å². The molecule has 0 aliphatic carbocycles. The summed E-state index contributed by atoms with van der Waals surface area (Å²) in [5, 5.41) is 14.4. The van der Waals surface area contributed by atoms with E-state index in [1.54, 1.807) is 19.1 Å². The van der Waals surface area contributed by atoms with Crippen LogP contribution >= 0.6 is 11.3 Å². The minimum absolute atomic E-state index is 0.242. The monoisotopic (exact) mass is 469 g/mol. The number of benzene rings is 1. The molecule has 5 rings (SSSR count). The number of hydrogen-bond acceptors (Lipinski definition) is 8. The Balaban J connectivity index is 1.33. The summed E-state index contributed by atoms with van der Waals surface area (Å²) in [6.07, 6.45) is 3.48. The van der Waals surface area contributed by atoms with Gasteiger partial charge >= 0.3 is 6.09 Å². The second-order valence-corrected chi connectivity index (χ2v) is 10.2. The Labute approximate surface area is 195 Å². The van der Waals surface area contributed by atoms with E-state index >= 15 is 0 Å². The van der Waals surface area contributed by atoms with E-state index in [-0.39, 0.29) is 6.09 Å². The highest BCUT2D eigenvalue weighted by Crippen LogP contribution is 2.34. The Morgan fingerprint density at radius 1 is 1.15 bits per heavy atom. The van der Waals surface area contributed by atoms with E-state index in [0.717, 1.165) is 45.1 Å². The molecule has 3 aromatic heterocycles. The highest BCUT2D eigenvalue weighted by molar-refractivity contribution is 7.19. The lowest BCUT2D eigenvalue weighted by Crippen LogP contribution is -2.41. The van der Waals surface area contributed by atoms with Gasteiger partial charge in [0.05, 0.1) is 19.0 Å². The molecule has 0 N–H and O–H groups in total. The Bertz CT molecular complexity index is 1290. The molecule has 0 bridgehead atoms. The smallest absolute Gasteiger partial charge is 0.410 e. The first-order valence-corrected chi connectivity index (χ1v) is 11.8. The maximum absolute atomic E-state index is 12.3. The molecule has 1 aliphatic heterocycles. The van der Waals surface area contributed by atoms with Crippen molar-refractivity contribution in [2.24, 2.45) is 7.05 Å². The van der Waals surface area contributed by atoms with Gasteiger partial charge in [-0.2, -0.15) is 15.0 Å². The molecule has 11 heteroatoms. The summed E-state index contributed by atoms with van der Waals surface area (Å²) in [6, 6.07) is 3.90. The third-order valence-corrected chi connectivity index (χ3v) is 6.62. The Kier molecular flexibility index (Phi) is 5.23. The SMILES string of the molecule is COc1cc(-c2nn3cc(C4CCN(C(=O)OC(C)(C)C)CC4)nc3s2)cc2nn(C)nc12. The van der Waals surface area contributed by atoms with Crippen molar-refractivity contribution >= 4 is 33.4 Å². The molecule has 0 spiro atoms. The van der Waals surface area contributed by atoms with E-state index in [0.29, 0.717) is 24.8 Å². The van der Waals surface area contributed by atoms with Crippen LogP contribution in [0.4, 0.5) is 4.79 Å². The number of ether oxygens (including phenoxy) is 2. The number of imidazole rings is 1. The first-order chi connectivity index (χ1) is 15.7. The van der Waals surface area contributed by atoms with Gasteiger partial charge in [0, 0.05) is 31.6 Å². The number of carbonyl (C=O) groups is 1. The number of aromatic nitrogens is 6. The van der Waals surface area contributed by atoms with Crippen molar-refractivity contribution in [3.63, 3.8) is 0 Å². The predicted octanol–water partition coefficient (Wildman–Crippen LogP) is 3.86. The summed E-state index contributed by atoms with van der Waals surface area (Å²) < 4.78 is 12.8. The summed E-state index contributed by atoms with van der Waals surface area (Å²) in [7, 11) is 3.42. The zero-order valence-electron chi connectivity index (χ0n) is 19.4. The van der Waals surface area contributed by atoms with Crippen molar-refractivity contribution in [2.45, 2.75) is 45.1 Å². The summed E-state index contributed by atoms with van der Waals surface area (Å²) in [5.74, 6) is 0.970. The number of amides is 1. The molecule has 1 amide bonds. The highest BCUT2D eigenvalue weighted by atomic mass is 32.1. The van der Waals surface area contributed by atoms with Gasteiger partial charge in [-0.3, -0.25) is 0 Å². The lowest BCUT2D eigenvalue weighted by Gasteiger charge is -2.32. The van der Waals surface area contributed by atoms with E-state index in [1.165, 1.54) is 16.1 Å². The van der Waals surface area contributed by atoms with Crippen molar-refractivity contribution in [1.29, 1.82) is 0 Å². The van der Waals surface area contributed by atoms with Crippen LogP contribution in [0.5, 0.6) is 5.75 Å². The van der Waals surface area contributed by atoms with Crippen molar-refractivity contribution < 1.29 is 14.3 Å². The van der Waals surface area contributed by atoms with Gasteiger partial charge in [-0.05, 0) is 45.7 Å². The van der Waals surface area contributed by atoms with Crippen molar-refractivity contribution in [3.8, 4) is 16.3 Å². The van der Waals surface area contributed by atoms with Gasteiger partial charge in [0.1, 0.15) is 21.9 Å². The molecule has 0 saturated carbocycles. The first-order valence-electron chi connectivity index (χ1n) is 10.9. The number of carbonyl (C=O) groups excluding carboxylic acids is 1. The topological polar surface area (TPSA) is 99.7 Å². The predicted molar refractivity (Wildman–Crippen MR) is 125 cm³/mol. The minimum atomic E-state index is -0.479. The Hall–Kier alpha value is -3.21. The number of rotatable bonds is 3. The molecule has 0 unspecified atom stereocenters. The third-order valence-electron chi connectivity index (χ3n) is 5.65. The fourth-order valence-electron chi connectivity index (χ4n) is 4.09. The fourth-order valence-corrected chi connectivity index (χ4v) is 4.96. The lowest BCUT2D eigenvalue weighted by atomic mass is 9.94. The summed E-state index contributed by atoms with van der Waals surface area (Å²) >= 11 is 1.53. The molecule has 4 heterocycles. The first kappa shape index (κ1) is 21.6. The van der Waals surface area contributed by atoms with Gasteiger partial charge in [0.25, 0.3) is 0 Å². The molecular weight excluding hydrogens is 442 g/mol. The molecule has 0 atom stereocenters. The molecule has 0 radical (unpaired) electrons. The van der Waals surface area contributed by atoms with E-state index in [9.17, 15) is 4.79 Å². The number of likely N-dealkylation sites (tertiary alicyclic amines) is 1. The molecule has 1 aromatic carbocycles. The second-order valence-electron chi connectivity index (χ2n) is 9.28. The molecule has 1 saturated heterocycles. The van der Waals surface area contributed by atoms with Crippen LogP contribution in [-0.2, 0) is 11.8 Å². The second kappa shape index (κ2) is 7.98. The quantitative estimate of drug-likeness (QED) is 0.449. The Morgan fingerprint density at radius 3 is 2.58 bits per heavy atom.